The molecule has 0 aliphatic carbocycles. The summed E-state index contributed by atoms with van der Waals surface area (Å²) in [4.78, 5) is 29.7. The predicted molar refractivity (Wildman–Crippen MR) is 161 cm³/mol. The van der Waals surface area contributed by atoms with Gasteiger partial charge in [-0.3, -0.25) is 4.79 Å². The lowest BCUT2D eigenvalue weighted by atomic mass is 9.91. The number of ether oxygens (including phenoxy) is 1. The number of halogens is 2. The number of amides is 1. The van der Waals surface area contributed by atoms with Crippen molar-refractivity contribution >= 4 is 40.6 Å². The number of benzene rings is 2. The zero-order valence-electron chi connectivity index (χ0n) is 24.6. The van der Waals surface area contributed by atoms with Crippen LogP contribution in [0.15, 0.2) is 43.2 Å². The molecule has 2 saturated heterocycles. The van der Waals surface area contributed by atoms with E-state index in [0.717, 1.165) is 43.9 Å². The molecule has 0 bridgehead atoms. The summed E-state index contributed by atoms with van der Waals surface area (Å²) in [7, 11) is 3.66. The second-order valence-corrected chi connectivity index (χ2v) is 11.1. The van der Waals surface area contributed by atoms with Crippen LogP contribution >= 0.6 is 0 Å². The average Bonchev–Trinajstić information content (AvgIpc) is 3.54. The average molecular weight is 595 g/mol. The van der Waals surface area contributed by atoms with Crippen LogP contribution < -0.4 is 25.6 Å². The Morgan fingerprint density at radius 3 is 2.51 bits per heavy atom. The number of likely N-dealkylation sites (N-methyl/N-ethyl adjacent to an activating group) is 1. The van der Waals surface area contributed by atoms with E-state index in [1.807, 2.05) is 6.07 Å². The lowest BCUT2D eigenvalue weighted by Crippen LogP contribution is -2.35. The number of hydrogen-bond donors (Lipinski definition) is 4. The predicted octanol–water partition coefficient (Wildman–Crippen LogP) is 4.53. The Morgan fingerprint density at radius 1 is 1.14 bits per heavy atom. The summed E-state index contributed by atoms with van der Waals surface area (Å²) in [6.07, 6.45) is 3.77. The number of anilines is 6. The van der Waals surface area contributed by atoms with E-state index >= 15 is 0 Å². The molecule has 43 heavy (non-hydrogen) atoms. The van der Waals surface area contributed by atoms with Crippen molar-refractivity contribution in [2.24, 2.45) is 5.92 Å². The highest BCUT2D eigenvalue weighted by Gasteiger charge is 2.41. The van der Waals surface area contributed by atoms with E-state index < -0.39 is 17.2 Å². The molecule has 3 unspecified atom stereocenters. The van der Waals surface area contributed by atoms with Crippen molar-refractivity contribution < 1.29 is 23.4 Å². The number of nitrogens with zero attached hydrogens (tertiary/aromatic N) is 5. The number of aromatic nitrogens is 3. The van der Waals surface area contributed by atoms with Gasteiger partial charge in [-0.25, -0.2) is 18.7 Å². The normalized spacial score (nSPS) is 19.5. The topological polar surface area (TPSA) is 128 Å². The molecule has 11 nitrogen and oxygen atoms in total. The van der Waals surface area contributed by atoms with E-state index in [9.17, 15) is 18.7 Å². The summed E-state index contributed by atoms with van der Waals surface area (Å²) in [5.41, 5.74) is 0.720. The number of likely N-dealkylation sites (tertiary alicyclic amines) is 1. The van der Waals surface area contributed by atoms with Gasteiger partial charge < -0.3 is 35.6 Å². The molecule has 13 heteroatoms. The van der Waals surface area contributed by atoms with Gasteiger partial charge in [0, 0.05) is 43.4 Å². The van der Waals surface area contributed by atoms with Crippen LogP contribution in [0.25, 0.3) is 0 Å². The van der Waals surface area contributed by atoms with Crippen molar-refractivity contribution in [2.45, 2.75) is 38.3 Å². The minimum absolute atomic E-state index is 0.0286. The van der Waals surface area contributed by atoms with Crippen LogP contribution in [0.1, 0.15) is 32.3 Å². The van der Waals surface area contributed by atoms with Crippen LogP contribution in [-0.2, 0) is 10.4 Å². The van der Waals surface area contributed by atoms with Crippen LogP contribution in [0.5, 0.6) is 5.75 Å². The standard InChI is InChI=1S/C30H36F2N8O3/c1-6-27(41)35-22-12-23(26(43-5)13-24(22)40-9-8-17-14-39(4)15-25(17)40)37-29-34-16-33-28(38-29)36-21-11-20(32)19(31)10-18(21)30(3,42)7-2/h6,10-13,16-17,25,42H,1,7-9,14-15H2,2-5H3,(H,35,41)(H2,33,34,36,37,38). The van der Waals surface area contributed by atoms with Crippen molar-refractivity contribution in [3.8, 4) is 5.75 Å². The molecular formula is C30H36F2N8O3. The molecule has 4 N–H and O–H groups in total. The minimum atomic E-state index is -1.43. The second-order valence-electron chi connectivity index (χ2n) is 11.1. The van der Waals surface area contributed by atoms with E-state index in [0.29, 0.717) is 29.1 Å². The van der Waals surface area contributed by atoms with E-state index in [2.05, 4.69) is 54.3 Å². The Labute approximate surface area is 249 Å². The molecule has 3 heterocycles. The van der Waals surface area contributed by atoms with Gasteiger partial charge >= 0.3 is 0 Å². The fraction of sp³-hybridized carbons (Fsp3) is 0.400. The monoisotopic (exact) mass is 594 g/mol. The third-order valence-electron chi connectivity index (χ3n) is 8.19. The number of carbonyl (C=O) groups excluding carboxylic acids is 1. The molecule has 1 amide bonds. The van der Waals surface area contributed by atoms with Crippen LogP contribution in [0.4, 0.5) is 43.4 Å². The maximum Gasteiger partial charge on any atom is 0.247 e. The third-order valence-corrected chi connectivity index (χ3v) is 8.19. The first-order chi connectivity index (χ1) is 20.5. The molecular weight excluding hydrogens is 558 g/mol. The molecule has 1 aromatic heterocycles. The first-order valence-electron chi connectivity index (χ1n) is 14.1. The fourth-order valence-corrected chi connectivity index (χ4v) is 5.77. The molecule has 2 aliphatic rings. The molecule has 3 aromatic rings. The van der Waals surface area contributed by atoms with E-state index in [-0.39, 0.29) is 35.5 Å². The largest absolute Gasteiger partial charge is 0.494 e. The van der Waals surface area contributed by atoms with Gasteiger partial charge in [0.25, 0.3) is 0 Å². The Bertz CT molecular complexity index is 1540. The minimum Gasteiger partial charge on any atom is -0.494 e. The van der Waals surface area contributed by atoms with Crippen LogP contribution in [-0.4, -0.2) is 70.7 Å². The van der Waals surface area contributed by atoms with E-state index in [1.54, 1.807) is 20.1 Å². The highest BCUT2D eigenvalue weighted by molar-refractivity contribution is 6.02. The fourth-order valence-electron chi connectivity index (χ4n) is 5.77. The summed E-state index contributed by atoms with van der Waals surface area (Å²) in [5, 5.41) is 19.7. The summed E-state index contributed by atoms with van der Waals surface area (Å²) in [5.74, 6) is -1.32. The van der Waals surface area contributed by atoms with Crippen LogP contribution in [0.3, 0.4) is 0 Å². The number of nitrogens with one attached hydrogen (secondary N) is 3. The molecule has 5 rings (SSSR count). The SMILES string of the molecule is C=CC(=O)Nc1cc(Nc2ncnc(Nc3cc(F)c(F)cc3C(C)(O)CC)n2)c(OC)cc1N1CCC2CN(C)CC21. The van der Waals surface area contributed by atoms with Crippen molar-refractivity contribution in [1.29, 1.82) is 0 Å². The van der Waals surface area contributed by atoms with Crippen molar-refractivity contribution in [2.75, 3.05) is 54.6 Å². The maximum absolute atomic E-state index is 14.2. The molecule has 0 spiro atoms. The number of aliphatic hydroxyl groups is 1. The molecule has 0 saturated carbocycles. The van der Waals surface area contributed by atoms with Crippen molar-refractivity contribution in [3.05, 3.63) is 60.4 Å². The number of methoxy groups -OCH3 is 1. The van der Waals surface area contributed by atoms with Gasteiger partial charge in [0.2, 0.25) is 17.8 Å². The first-order valence-corrected chi connectivity index (χ1v) is 14.1. The molecule has 0 radical (unpaired) electrons. The molecule has 3 atom stereocenters. The second kappa shape index (κ2) is 12.1. The number of hydrogen-bond acceptors (Lipinski definition) is 10. The van der Waals surface area contributed by atoms with Crippen LogP contribution in [0, 0.1) is 17.6 Å². The van der Waals surface area contributed by atoms with Gasteiger partial charge in [0.15, 0.2) is 11.6 Å². The Balaban J connectivity index is 1.47. The lowest BCUT2D eigenvalue weighted by Gasteiger charge is -2.29. The number of carbonyl (C=O) groups is 1. The maximum atomic E-state index is 14.2. The zero-order chi connectivity index (χ0) is 30.9. The molecule has 2 fully saturated rings. The van der Waals surface area contributed by atoms with Gasteiger partial charge in [0.05, 0.1) is 35.5 Å². The number of fused-ring (bicyclic) bond motifs is 1. The quantitative estimate of drug-likeness (QED) is 0.249. The third kappa shape index (κ3) is 6.22. The van der Waals surface area contributed by atoms with E-state index in [1.165, 1.54) is 19.3 Å². The van der Waals surface area contributed by atoms with Gasteiger partial charge in [-0.15, -0.1) is 0 Å². The summed E-state index contributed by atoms with van der Waals surface area (Å²) < 4.78 is 34.0. The van der Waals surface area contributed by atoms with E-state index in [4.69, 9.17) is 4.74 Å². The zero-order valence-corrected chi connectivity index (χ0v) is 24.6. The summed E-state index contributed by atoms with van der Waals surface area (Å²) in [6, 6.07) is 5.86. The highest BCUT2D eigenvalue weighted by atomic mass is 19.2. The Kier molecular flexibility index (Phi) is 8.47. The molecule has 2 aromatic carbocycles. The van der Waals surface area contributed by atoms with Gasteiger partial charge in [-0.05, 0) is 50.9 Å². The smallest absolute Gasteiger partial charge is 0.247 e. The van der Waals surface area contributed by atoms with Crippen molar-refractivity contribution in [1.82, 2.24) is 19.9 Å². The van der Waals surface area contributed by atoms with Crippen LogP contribution in [0.2, 0.25) is 0 Å². The lowest BCUT2D eigenvalue weighted by molar-refractivity contribution is -0.111. The van der Waals surface area contributed by atoms with Crippen molar-refractivity contribution in [3.63, 3.8) is 0 Å². The Hall–Kier alpha value is -4.36. The van der Waals surface area contributed by atoms with Gasteiger partial charge in [-0.1, -0.05) is 13.5 Å². The van der Waals surface area contributed by atoms with Gasteiger partial charge in [-0.2, -0.15) is 4.98 Å². The van der Waals surface area contributed by atoms with Gasteiger partial charge in [0.1, 0.15) is 12.1 Å². The summed E-state index contributed by atoms with van der Waals surface area (Å²) >= 11 is 0. The first kappa shape index (κ1) is 30.1. The molecule has 2 aliphatic heterocycles. The highest BCUT2D eigenvalue weighted by Crippen LogP contribution is 2.43. The number of rotatable bonds is 10. The summed E-state index contributed by atoms with van der Waals surface area (Å²) in [6.45, 7) is 9.64. The Morgan fingerprint density at radius 2 is 1.84 bits per heavy atom. The molecule has 228 valence electrons.